The van der Waals surface area contributed by atoms with Gasteiger partial charge in [-0.15, -0.1) is 0 Å². The first-order chi connectivity index (χ1) is 6.96. The molecule has 0 radical (unpaired) electrons. The third-order valence-corrected chi connectivity index (χ3v) is 3.63. The molecule has 0 amide bonds. The molecular formula is C14H27N. The van der Waals surface area contributed by atoms with Crippen molar-refractivity contribution in [3.05, 3.63) is 11.6 Å². The monoisotopic (exact) mass is 209 g/mol. The highest BCUT2D eigenvalue weighted by molar-refractivity contribution is 5.08. The maximum absolute atomic E-state index is 6.39. The lowest BCUT2D eigenvalue weighted by molar-refractivity contribution is 0.207. The Kier molecular flexibility index (Phi) is 4.39. The summed E-state index contributed by atoms with van der Waals surface area (Å²) in [7, 11) is 0. The van der Waals surface area contributed by atoms with Crippen LogP contribution in [0.4, 0.5) is 0 Å². The zero-order valence-electron chi connectivity index (χ0n) is 10.8. The number of hydrogen-bond acceptors (Lipinski definition) is 1. The van der Waals surface area contributed by atoms with Gasteiger partial charge in [0.1, 0.15) is 0 Å². The van der Waals surface area contributed by atoms with E-state index in [0.29, 0.717) is 5.41 Å². The second kappa shape index (κ2) is 5.16. The maximum Gasteiger partial charge on any atom is 0.0283 e. The lowest BCUT2D eigenvalue weighted by Gasteiger charge is -2.35. The van der Waals surface area contributed by atoms with Crippen molar-refractivity contribution >= 4 is 0 Å². The molecule has 1 aliphatic carbocycles. The molecule has 88 valence electrons. The number of allylic oxidation sites excluding steroid dienone is 1. The Morgan fingerprint density at radius 1 is 1.27 bits per heavy atom. The minimum Gasteiger partial charge on any atom is -0.324 e. The minimum absolute atomic E-state index is 0.271. The molecular weight excluding hydrogens is 182 g/mol. The van der Waals surface area contributed by atoms with Crippen molar-refractivity contribution in [3.63, 3.8) is 0 Å². The van der Waals surface area contributed by atoms with Crippen LogP contribution in [0.3, 0.4) is 0 Å². The van der Waals surface area contributed by atoms with Crippen molar-refractivity contribution in [3.8, 4) is 0 Å². The molecule has 1 nitrogen and oxygen atoms in total. The molecule has 1 fully saturated rings. The maximum atomic E-state index is 6.39. The summed E-state index contributed by atoms with van der Waals surface area (Å²) in [4.78, 5) is 0. The normalized spacial score (nSPS) is 21.7. The third kappa shape index (κ3) is 3.34. The van der Waals surface area contributed by atoms with E-state index in [1.54, 1.807) is 0 Å². The predicted octanol–water partition coefficient (Wildman–Crippen LogP) is 3.89. The molecule has 0 aromatic carbocycles. The van der Waals surface area contributed by atoms with Gasteiger partial charge in [-0.2, -0.15) is 0 Å². The minimum atomic E-state index is 0.271. The van der Waals surface area contributed by atoms with Gasteiger partial charge in [0, 0.05) is 6.04 Å². The quantitative estimate of drug-likeness (QED) is 0.698. The molecule has 0 heterocycles. The molecule has 0 aromatic rings. The van der Waals surface area contributed by atoms with Gasteiger partial charge in [-0.05, 0) is 44.4 Å². The molecule has 1 rings (SSSR count). The fraction of sp³-hybridized carbons (Fsp3) is 0.857. The van der Waals surface area contributed by atoms with E-state index in [9.17, 15) is 0 Å². The van der Waals surface area contributed by atoms with Crippen molar-refractivity contribution in [2.45, 2.75) is 65.8 Å². The summed E-state index contributed by atoms with van der Waals surface area (Å²) >= 11 is 0. The third-order valence-electron chi connectivity index (χ3n) is 3.63. The average molecular weight is 209 g/mol. The van der Waals surface area contributed by atoms with Crippen molar-refractivity contribution in [1.82, 2.24) is 0 Å². The van der Waals surface area contributed by atoms with Crippen LogP contribution in [-0.2, 0) is 0 Å². The summed E-state index contributed by atoms with van der Waals surface area (Å²) in [5.41, 5.74) is 8.15. The zero-order valence-corrected chi connectivity index (χ0v) is 10.8. The van der Waals surface area contributed by atoms with Crippen LogP contribution in [0, 0.1) is 11.3 Å². The Balaban J connectivity index is 2.76. The molecule has 2 N–H and O–H groups in total. The van der Waals surface area contributed by atoms with Gasteiger partial charge < -0.3 is 5.73 Å². The van der Waals surface area contributed by atoms with Crippen molar-refractivity contribution in [2.75, 3.05) is 0 Å². The first-order valence-corrected chi connectivity index (χ1v) is 6.37. The summed E-state index contributed by atoms with van der Waals surface area (Å²) in [6, 6.07) is 0.271. The van der Waals surface area contributed by atoms with Gasteiger partial charge in [0.05, 0.1) is 0 Å². The van der Waals surface area contributed by atoms with E-state index in [4.69, 9.17) is 5.73 Å². The molecule has 0 saturated heterocycles. The first-order valence-electron chi connectivity index (χ1n) is 6.37. The van der Waals surface area contributed by atoms with Crippen LogP contribution < -0.4 is 5.73 Å². The lowest BCUT2D eigenvalue weighted by atomic mass is 9.72. The van der Waals surface area contributed by atoms with Gasteiger partial charge >= 0.3 is 0 Å². The van der Waals surface area contributed by atoms with E-state index in [0.717, 1.165) is 5.92 Å². The topological polar surface area (TPSA) is 26.0 Å². The van der Waals surface area contributed by atoms with E-state index >= 15 is 0 Å². The SMILES string of the molecule is CC(C)=CC(N)C1(CC(C)C)CCCC1. The molecule has 1 atom stereocenters. The lowest BCUT2D eigenvalue weighted by Crippen LogP contribution is -2.39. The number of hydrogen-bond donors (Lipinski definition) is 1. The summed E-state index contributed by atoms with van der Waals surface area (Å²) in [5.74, 6) is 0.764. The Morgan fingerprint density at radius 2 is 1.80 bits per heavy atom. The highest BCUT2D eigenvalue weighted by atomic mass is 14.7. The molecule has 0 spiro atoms. The van der Waals surface area contributed by atoms with E-state index in [2.05, 4.69) is 33.8 Å². The predicted molar refractivity (Wildman–Crippen MR) is 67.8 cm³/mol. The van der Waals surface area contributed by atoms with Gasteiger partial charge in [-0.1, -0.05) is 38.3 Å². The average Bonchev–Trinajstić information content (AvgIpc) is 2.51. The first kappa shape index (κ1) is 12.8. The molecule has 0 aliphatic heterocycles. The Morgan fingerprint density at radius 3 is 2.20 bits per heavy atom. The molecule has 1 unspecified atom stereocenters. The summed E-state index contributed by atoms with van der Waals surface area (Å²) in [5, 5.41) is 0. The van der Waals surface area contributed by atoms with E-state index in [-0.39, 0.29) is 6.04 Å². The molecule has 0 aromatic heterocycles. The number of nitrogens with two attached hydrogens (primary N) is 1. The van der Waals surface area contributed by atoms with Gasteiger partial charge in [0.25, 0.3) is 0 Å². The van der Waals surface area contributed by atoms with Gasteiger partial charge in [0.15, 0.2) is 0 Å². The van der Waals surface area contributed by atoms with Crippen LogP contribution >= 0.6 is 0 Å². The van der Waals surface area contributed by atoms with Crippen LogP contribution in [0.2, 0.25) is 0 Å². The van der Waals surface area contributed by atoms with E-state index in [1.807, 2.05) is 0 Å². The fourth-order valence-corrected chi connectivity index (χ4v) is 3.10. The molecule has 15 heavy (non-hydrogen) atoms. The Hall–Kier alpha value is -0.300. The van der Waals surface area contributed by atoms with Gasteiger partial charge in [-0.25, -0.2) is 0 Å². The summed E-state index contributed by atoms with van der Waals surface area (Å²) in [6.07, 6.45) is 8.96. The van der Waals surface area contributed by atoms with Gasteiger partial charge in [-0.3, -0.25) is 0 Å². The highest BCUT2D eigenvalue weighted by Gasteiger charge is 2.38. The van der Waals surface area contributed by atoms with Crippen LogP contribution in [0.5, 0.6) is 0 Å². The van der Waals surface area contributed by atoms with Crippen LogP contribution in [0.1, 0.15) is 59.8 Å². The van der Waals surface area contributed by atoms with Crippen LogP contribution in [0.15, 0.2) is 11.6 Å². The smallest absolute Gasteiger partial charge is 0.0283 e. The van der Waals surface area contributed by atoms with E-state index in [1.165, 1.54) is 37.7 Å². The zero-order chi connectivity index (χ0) is 11.5. The second-order valence-electron chi connectivity index (χ2n) is 5.94. The summed E-state index contributed by atoms with van der Waals surface area (Å²) < 4.78 is 0. The highest BCUT2D eigenvalue weighted by Crippen LogP contribution is 2.45. The standard InChI is InChI=1S/C14H27N/c1-11(2)9-13(15)14(10-12(3)4)7-5-6-8-14/h9,12-13H,5-8,10,15H2,1-4H3. The Labute approximate surface area is 95.1 Å². The fourth-order valence-electron chi connectivity index (χ4n) is 3.10. The molecule has 1 aliphatic rings. The van der Waals surface area contributed by atoms with Crippen LogP contribution in [-0.4, -0.2) is 6.04 Å². The molecule has 0 bridgehead atoms. The second-order valence-corrected chi connectivity index (χ2v) is 5.94. The molecule has 1 heteroatoms. The van der Waals surface area contributed by atoms with E-state index < -0.39 is 0 Å². The van der Waals surface area contributed by atoms with Gasteiger partial charge in [0.2, 0.25) is 0 Å². The summed E-state index contributed by atoms with van der Waals surface area (Å²) in [6.45, 7) is 8.93. The number of rotatable bonds is 4. The van der Waals surface area contributed by atoms with Crippen molar-refractivity contribution < 1.29 is 0 Å². The van der Waals surface area contributed by atoms with Crippen molar-refractivity contribution in [1.29, 1.82) is 0 Å². The largest absolute Gasteiger partial charge is 0.324 e. The molecule has 1 saturated carbocycles. The Bertz CT molecular complexity index is 217. The van der Waals surface area contributed by atoms with Crippen molar-refractivity contribution in [2.24, 2.45) is 17.1 Å². The van der Waals surface area contributed by atoms with Crippen LogP contribution in [0.25, 0.3) is 0 Å².